The first-order valence-corrected chi connectivity index (χ1v) is 6.15. The number of nitrogens with one attached hydrogen (secondary N) is 1. The lowest BCUT2D eigenvalue weighted by molar-refractivity contribution is 0.451. The summed E-state index contributed by atoms with van der Waals surface area (Å²) in [6.07, 6.45) is 1.38. The molecule has 3 N–H and O–H groups in total. The number of rotatable bonds is 4. The minimum Gasteiger partial charge on any atom is -0.438 e. The van der Waals surface area contributed by atoms with Gasteiger partial charge in [0.1, 0.15) is 12.1 Å². The van der Waals surface area contributed by atoms with E-state index >= 15 is 0 Å². The van der Waals surface area contributed by atoms with Crippen LogP contribution < -0.4 is 16.0 Å². The highest BCUT2D eigenvalue weighted by atomic mass is 16.5. The molecule has 2 rings (SSSR count). The smallest absolute Gasteiger partial charge is 0.227 e. The van der Waals surface area contributed by atoms with Crippen LogP contribution in [-0.4, -0.2) is 9.97 Å². The lowest BCUT2D eigenvalue weighted by Crippen LogP contribution is -2.13. The van der Waals surface area contributed by atoms with E-state index in [0.717, 1.165) is 5.56 Å². The van der Waals surface area contributed by atoms with Crippen LogP contribution in [0, 0.1) is 11.3 Å². The zero-order valence-corrected chi connectivity index (χ0v) is 11.3. The summed E-state index contributed by atoms with van der Waals surface area (Å²) in [4.78, 5) is 8.22. The fraction of sp³-hybridized carbons (Fsp3) is 0.214. The van der Waals surface area contributed by atoms with Crippen molar-refractivity contribution in [3.63, 3.8) is 0 Å². The summed E-state index contributed by atoms with van der Waals surface area (Å²) in [5.74, 6) is 7.10. The van der Waals surface area contributed by atoms with Gasteiger partial charge in [-0.05, 0) is 24.1 Å². The van der Waals surface area contributed by atoms with E-state index in [-0.39, 0.29) is 5.92 Å². The maximum atomic E-state index is 8.90. The molecule has 0 aliphatic rings. The number of hydrogen-bond acceptors (Lipinski definition) is 6. The Balaban J connectivity index is 2.40. The van der Waals surface area contributed by atoms with Crippen molar-refractivity contribution < 1.29 is 4.74 Å². The molecule has 20 heavy (non-hydrogen) atoms. The topological polar surface area (TPSA) is 96.8 Å². The molecule has 6 heteroatoms. The minimum atomic E-state index is 0.136. The van der Waals surface area contributed by atoms with Crippen molar-refractivity contribution in [1.29, 1.82) is 5.26 Å². The van der Waals surface area contributed by atoms with Gasteiger partial charge in [-0.3, -0.25) is 0 Å². The van der Waals surface area contributed by atoms with Crippen molar-refractivity contribution in [3.8, 4) is 17.7 Å². The summed E-state index contributed by atoms with van der Waals surface area (Å²) in [6.45, 7) is 4.00. The SMILES string of the molecule is CC(C)c1c(NN)ncnc1Oc1cccc(C#N)c1. The second-order valence-electron chi connectivity index (χ2n) is 4.48. The molecule has 2 aromatic rings. The van der Waals surface area contributed by atoms with E-state index in [2.05, 4.69) is 21.5 Å². The Bertz CT molecular complexity index is 648. The number of hydrazine groups is 1. The number of nitrogens with zero attached hydrogens (tertiary/aromatic N) is 3. The van der Waals surface area contributed by atoms with Gasteiger partial charge in [0.05, 0.1) is 17.2 Å². The quantitative estimate of drug-likeness (QED) is 0.654. The molecular formula is C14H15N5O. The molecule has 102 valence electrons. The highest BCUT2D eigenvalue weighted by Crippen LogP contribution is 2.32. The van der Waals surface area contributed by atoms with Crippen LogP contribution >= 0.6 is 0 Å². The van der Waals surface area contributed by atoms with Gasteiger partial charge in [0.2, 0.25) is 5.88 Å². The van der Waals surface area contributed by atoms with Crippen LogP contribution in [0.1, 0.15) is 30.9 Å². The minimum absolute atomic E-state index is 0.136. The van der Waals surface area contributed by atoms with Gasteiger partial charge in [-0.15, -0.1) is 0 Å². The molecule has 0 bridgehead atoms. The Labute approximate surface area is 117 Å². The molecule has 0 radical (unpaired) electrons. The highest BCUT2D eigenvalue weighted by molar-refractivity contribution is 5.51. The monoisotopic (exact) mass is 269 g/mol. The predicted octanol–water partition coefficient (Wildman–Crippen LogP) is 2.55. The van der Waals surface area contributed by atoms with Crippen LogP contribution in [0.5, 0.6) is 11.6 Å². The number of hydrogen-bond donors (Lipinski definition) is 2. The number of benzene rings is 1. The Morgan fingerprint density at radius 1 is 1.35 bits per heavy atom. The fourth-order valence-electron chi connectivity index (χ4n) is 1.84. The van der Waals surface area contributed by atoms with Gasteiger partial charge in [-0.25, -0.2) is 15.8 Å². The lowest BCUT2D eigenvalue weighted by Gasteiger charge is -2.15. The standard InChI is InChI=1S/C14H15N5O/c1-9(2)12-13(19-16)17-8-18-14(12)20-11-5-3-4-10(6-11)7-15/h3-6,8-9H,16H2,1-2H3,(H,17,18,19). The van der Waals surface area contributed by atoms with E-state index in [1.165, 1.54) is 6.33 Å². The molecule has 6 nitrogen and oxygen atoms in total. The molecule has 0 aliphatic heterocycles. The normalized spacial score (nSPS) is 10.2. The van der Waals surface area contributed by atoms with E-state index in [9.17, 15) is 0 Å². The van der Waals surface area contributed by atoms with Crippen molar-refractivity contribution in [1.82, 2.24) is 9.97 Å². The third-order valence-corrected chi connectivity index (χ3v) is 2.74. The molecule has 0 amide bonds. The third kappa shape index (κ3) is 2.84. The Kier molecular flexibility index (Phi) is 4.13. The Hall–Kier alpha value is -2.65. The number of nitrogen functional groups attached to an aromatic ring is 1. The first-order valence-electron chi connectivity index (χ1n) is 6.15. The van der Waals surface area contributed by atoms with Crippen molar-refractivity contribution in [2.45, 2.75) is 19.8 Å². The largest absolute Gasteiger partial charge is 0.438 e. The molecule has 0 saturated heterocycles. The number of nitriles is 1. The Morgan fingerprint density at radius 3 is 2.80 bits per heavy atom. The highest BCUT2D eigenvalue weighted by Gasteiger charge is 2.16. The molecule has 1 aromatic heterocycles. The van der Waals surface area contributed by atoms with E-state index in [1.807, 2.05) is 13.8 Å². The van der Waals surface area contributed by atoms with Crippen LogP contribution in [0.4, 0.5) is 5.82 Å². The first-order chi connectivity index (χ1) is 9.65. The van der Waals surface area contributed by atoms with Crippen molar-refractivity contribution in [2.24, 2.45) is 5.84 Å². The maximum absolute atomic E-state index is 8.90. The average molecular weight is 269 g/mol. The van der Waals surface area contributed by atoms with Crippen molar-refractivity contribution >= 4 is 5.82 Å². The van der Waals surface area contributed by atoms with Gasteiger partial charge in [-0.2, -0.15) is 5.26 Å². The summed E-state index contributed by atoms with van der Waals surface area (Å²) < 4.78 is 5.76. The molecule has 0 fully saturated rings. The third-order valence-electron chi connectivity index (χ3n) is 2.74. The molecule has 0 aliphatic carbocycles. The van der Waals surface area contributed by atoms with Gasteiger partial charge < -0.3 is 10.2 Å². The summed E-state index contributed by atoms with van der Waals surface area (Å²) in [5, 5.41) is 8.90. The summed E-state index contributed by atoms with van der Waals surface area (Å²) >= 11 is 0. The summed E-state index contributed by atoms with van der Waals surface area (Å²) in [5.41, 5.74) is 3.86. The van der Waals surface area contributed by atoms with E-state index in [1.54, 1.807) is 24.3 Å². The second kappa shape index (κ2) is 5.99. The molecule has 0 spiro atoms. The molecule has 1 heterocycles. The van der Waals surface area contributed by atoms with Gasteiger partial charge in [0.25, 0.3) is 0 Å². The average Bonchev–Trinajstić information content (AvgIpc) is 2.46. The van der Waals surface area contributed by atoms with E-state index in [4.69, 9.17) is 15.8 Å². The van der Waals surface area contributed by atoms with Crippen LogP contribution in [0.25, 0.3) is 0 Å². The lowest BCUT2D eigenvalue weighted by atomic mass is 10.1. The molecular weight excluding hydrogens is 254 g/mol. The number of anilines is 1. The van der Waals surface area contributed by atoms with Crippen LogP contribution in [0.15, 0.2) is 30.6 Å². The van der Waals surface area contributed by atoms with E-state index < -0.39 is 0 Å². The Morgan fingerprint density at radius 2 is 2.15 bits per heavy atom. The first kappa shape index (κ1) is 13.8. The predicted molar refractivity (Wildman–Crippen MR) is 75.2 cm³/mol. The van der Waals surface area contributed by atoms with Gasteiger partial charge in [0.15, 0.2) is 5.82 Å². The second-order valence-corrected chi connectivity index (χ2v) is 4.48. The zero-order valence-electron chi connectivity index (χ0n) is 11.3. The molecule has 1 aromatic carbocycles. The van der Waals surface area contributed by atoms with Crippen molar-refractivity contribution in [3.05, 3.63) is 41.7 Å². The summed E-state index contributed by atoms with van der Waals surface area (Å²) in [6, 6.07) is 8.96. The maximum Gasteiger partial charge on any atom is 0.227 e. The van der Waals surface area contributed by atoms with Crippen LogP contribution in [0.2, 0.25) is 0 Å². The molecule has 0 atom stereocenters. The van der Waals surface area contributed by atoms with Crippen molar-refractivity contribution in [2.75, 3.05) is 5.43 Å². The van der Waals surface area contributed by atoms with Crippen LogP contribution in [-0.2, 0) is 0 Å². The molecule has 0 saturated carbocycles. The fourth-order valence-corrected chi connectivity index (χ4v) is 1.84. The van der Waals surface area contributed by atoms with E-state index in [0.29, 0.717) is 23.0 Å². The number of aromatic nitrogens is 2. The van der Waals surface area contributed by atoms with Crippen LogP contribution in [0.3, 0.4) is 0 Å². The number of ether oxygens (including phenoxy) is 1. The number of nitrogens with two attached hydrogens (primary N) is 1. The zero-order chi connectivity index (χ0) is 14.5. The van der Waals surface area contributed by atoms with Gasteiger partial charge >= 0.3 is 0 Å². The summed E-state index contributed by atoms with van der Waals surface area (Å²) in [7, 11) is 0. The van der Waals surface area contributed by atoms with Gasteiger partial charge in [-0.1, -0.05) is 19.9 Å². The molecule has 0 unspecified atom stereocenters. The van der Waals surface area contributed by atoms with Gasteiger partial charge in [0, 0.05) is 0 Å².